The summed E-state index contributed by atoms with van der Waals surface area (Å²) >= 11 is 9.42. The Bertz CT molecular complexity index is 481. The van der Waals surface area contributed by atoms with Crippen molar-refractivity contribution in [2.45, 2.75) is 39.7 Å². The van der Waals surface area contributed by atoms with Crippen LogP contribution >= 0.6 is 27.5 Å². The Kier molecular flexibility index (Phi) is 8.07. The molecular formula is C15H22BrClN2O2. The Labute approximate surface area is 139 Å². The smallest absolute Gasteiger partial charge is 0.224 e. The second kappa shape index (κ2) is 9.28. The van der Waals surface area contributed by atoms with Gasteiger partial charge in [0.05, 0.1) is 16.8 Å². The topological polar surface area (TPSA) is 50.4 Å². The van der Waals surface area contributed by atoms with Crippen molar-refractivity contribution in [3.8, 4) is 5.75 Å². The zero-order valence-corrected chi connectivity index (χ0v) is 15.0. The molecule has 0 atom stereocenters. The molecule has 0 radical (unpaired) electrons. The van der Waals surface area contributed by atoms with Crippen LogP contribution in [0.25, 0.3) is 0 Å². The monoisotopic (exact) mass is 376 g/mol. The van der Waals surface area contributed by atoms with Gasteiger partial charge in [0, 0.05) is 17.5 Å². The lowest BCUT2D eigenvalue weighted by Gasteiger charge is -2.14. The van der Waals surface area contributed by atoms with Crippen LogP contribution in [0.3, 0.4) is 0 Å². The third-order valence-electron chi connectivity index (χ3n) is 2.70. The summed E-state index contributed by atoms with van der Waals surface area (Å²) < 4.78 is 6.28. The van der Waals surface area contributed by atoms with Crippen molar-refractivity contribution in [3.05, 3.63) is 21.6 Å². The molecule has 1 aromatic rings. The molecule has 0 heterocycles. The van der Waals surface area contributed by atoms with Gasteiger partial charge in [-0.3, -0.25) is 4.79 Å². The van der Waals surface area contributed by atoms with Crippen LogP contribution in [0.1, 0.15) is 33.6 Å². The van der Waals surface area contributed by atoms with Gasteiger partial charge < -0.3 is 15.4 Å². The largest absolute Gasteiger partial charge is 0.491 e. The fraction of sp³-hybridized carbons (Fsp3) is 0.533. The van der Waals surface area contributed by atoms with E-state index in [2.05, 4.69) is 40.4 Å². The van der Waals surface area contributed by atoms with Gasteiger partial charge in [-0.05, 0) is 48.0 Å². The molecule has 1 aromatic carbocycles. The zero-order valence-electron chi connectivity index (χ0n) is 12.6. The Morgan fingerprint density at radius 3 is 2.76 bits per heavy atom. The van der Waals surface area contributed by atoms with E-state index >= 15 is 0 Å². The minimum absolute atomic E-state index is 0.0457. The molecule has 1 amide bonds. The molecule has 118 valence electrons. The van der Waals surface area contributed by atoms with Crippen molar-refractivity contribution in [1.29, 1.82) is 0 Å². The average Bonchev–Trinajstić information content (AvgIpc) is 2.38. The number of carbonyl (C=O) groups is 1. The van der Waals surface area contributed by atoms with Gasteiger partial charge in [0.15, 0.2) is 5.75 Å². The Hall–Kier alpha value is -0.780. The summed E-state index contributed by atoms with van der Waals surface area (Å²) in [4.78, 5) is 12.0. The van der Waals surface area contributed by atoms with E-state index in [0.29, 0.717) is 35.5 Å². The van der Waals surface area contributed by atoms with Crippen molar-refractivity contribution >= 4 is 39.1 Å². The van der Waals surface area contributed by atoms with E-state index in [1.54, 1.807) is 12.1 Å². The molecule has 0 saturated heterocycles. The van der Waals surface area contributed by atoms with Crippen molar-refractivity contribution < 1.29 is 9.53 Å². The van der Waals surface area contributed by atoms with Gasteiger partial charge in [-0.2, -0.15) is 0 Å². The van der Waals surface area contributed by atoms with Crippen LogP contribution in [-0.2, 0) is 4.79 Å². The number of anilines is 1. The molecule has 0 aliphatic rings. The van der Waals surface area contributed by atoms with E-state index in [-0.39, 0.29) is 5.91 Å². The van der Waals surface area contributed by atoms with Crippen LogP contribution in [-0.4, -0.2) is 25.1 Å². The molecule has 0 bridgehead atoms. The summed E-state index contributed by atoms with van der Waals surface area (Å²) in [6.07, 6.45) is 1.24. The average molecular weight is 378 g/mol. The van der Waals surface area contributed by atoms with Gasteiger partial charge in [0.2, 0.25) is 5.91 Å². The molecule has 1 rings (SSSR count). The molecule has 0 aromatic heterocycles. The van der Waals surface area contributed by atoms with Crippen molar-refractivity contribution in [2.24, 2.45) is 0 Å². The Morgan fingerprint density at radius 1 is 1.43 bits per heavy atom. The lowest BCUT2D eigenvalue weighted by Crippen LogP contribution is -2.24. The number of rotatable bonds is 8. The maximum atomic E-state index is 12.0. The van der Waals surface area contributed by atoms with E-state index in [4.69, 9.17) is 16.3 Å². The standard InChI is InChI=1S/C15H22BrClN2O2/c1-4-21-15-12(16)8-11(17)9-13(15)19-14(20)6-5-7-18-10(2)3/h8-10,18H,4-7H2,1-3H3,(H,19,20). The first-order valence-corrected chi connectivity index (χ1v) is 8.26. The minimum Gasteiger partial charge on any atom is -0.491 e. The second-order valence-electron chi connectivity index (χ2n) is 4.96. The predicted molar refractivity (Wildman–Crippen MR) is 91.3 cm³/mol. The van der Waals surface area contributed by atoms with E-state index in [1.165, 1.54) is 0 Å². The molecule has 0 spiro atoms. The molecule has 6 heteroatoms. The normalized spacial score (nSPS) is 10.8. The first-order valence-electron chi connectivity index (χ1n) is 7.09. The molecule has 0 fully saturated rings. The van der Waals surface area contributed by atoms with E-state index in [9.17, 15) is 4.79 Å². The van der Waals surface area contributed by atoms with Crippen LogP contribution in [0.15, 0.2) is 16.6 Å². The Balaban J connectivity index is 2.62. The fourth-order valence-corrected chi connectivity index (χ4v) is 2.72. The Morgan fingerprint density at radius 2 is 2.14 bits per heavy atom. The summed E-state index contributed by atoms with van der Waals surface area (Å²) in [5.74, 6) is 0.561. The third kappa shape index (κ3) is 6.68. The summed E-state index contributed by atoms with van der Waals surface area (Å²) in [5.41, 5.74) is 0.595. The SMILES string of the molecule is CCOc1c(Br)cc(Cl)cc1NC(=O)CCCNC(C)C. The van der Waals surface area contributed by atoms with Gasteiger partial charge in [-0.15, -0.1) is 0 Å². The van der Waals surface area contributed by atoms with Gasteiger partial charge in [0.1, 0.15) is 0 Å². The number of benzene rings is 1. The highest BCUT2D eigenvalue weighted by Gasteiger charge is 2.12. The van der Waals surface area contributed by atoms with Crippen molar-refractivity contribution in [2.75, 3.05) is 18.5 Å². The minimum atomic E-state index is -0.0457. The highest BCUT2D eigenvalue weighted by Crippen LogP contribution is 2.36. The van der Waals surface area contributed by atoms with Crippen molar-refractivity contribution in [1.82, 2.24) is 5.32 Å². The number of nitrogens with one attached hydrogen (secondary N) is 2. The number of hydrogen-bond donors (Lipinski definition) is 2. The number of halogens is 2. The van der Waals surface area contributed by atoms with E-state index in [1.807, 2.05) is 6.92 Å². The number of hydrogen-bond acceptors (Lipinski definition) is 3. The third-order valence-corrected chi connectivity index (χ3v) is 3.51. The van der Waals surface area contributed by atoms with Crippen LogP contribution in [0.4, 0.5) is 5.69 Å². The number of ether oxygens (including phenoxy) is 1. The molecule has 21 heavy (non-hydrogen) atoms. The fourth-order valence-electron chi connectivity index (χ4n) is 1.80. The summed E-state index contributed by atoms with van der Waals surface area (Å²) in [6.45, 7) is 7.39. The molecule has 2 N–H and O–H groups in total. The van der Waals surface area contributed by atoms with Crippen LogP contribution < -0.4 is 15.4 Å². The molecule has 0 saturated carbocycles. The first-order chi connectivity index (χ1) is 9.93. The van der Waals surface area contributed by atoms with Crippen LogP contribution in [0, 0.1) is 0 Å². The summed E-state index contributed by atoms with van der Waals surface area (Å²) in [6, 6.07) is 3.87. The summed E-state index contributed by atoms with van der Waals surface area (Å²) in [5, 5.41) is 6.68. The van der Waals surface area contributed by atoms with E-state index < -0.39 is 0 Å². The lowest BCUT2D eigenvalue weighted by atomic mass is 10.2. The van der Waals surface area contributed by atoms with Gasteiger partial charge >= 0.3 is 0 Å². The molecule has 0 aliphatic heterocycles. The molecule has 0 unspecified atom stereocenters. The predicted octanol–water partition coefficient (Wildman–Crippen LogP) is 4.22. The van der Waals surface area contributed by atoms with Crippen LogP contribution in [0.2, 0.25) is 5.02 Å². The summed E-state index contributed by atoms with van der Waals surface area (Å²) in [7, 11) is 0. The van der Waals surface area contributed by atoms with Crippen molar-refractivity contribution in [3.63, 3.8) is 0 Å². The highest BCUT2D eigenvalue weighted by molar-refractivity contribution is 9.10. The van der Waals surface area contributed by atoms with Gasteiger partial charge in [-0.25, -0.2) is 0 Å². The number of amides is 1. The van der Waals surface area contributed by atoms with Gasteiger partial charge in [-0.1, -0.05) is 25.4 Å². The molecular weight excluding hydrogens is 356 g/mol. The number of carbonyl (C=O) groups excluding carboxylic acids is 1. The molecule has 4 nitrogen and oxygen atoms in total. The zero-order chi connectivity index (χ0) is 15.8. The van der Waals surface area contributed by atoms with Crippen LogP contribution in [0.5, 0.6) is 5.75 Å². The second-order valence-corrected chi connectivity index (χ2v) is 6.25. The highest BCUT2D eigenvalue weighted by atomic mass is 79.9. The van der Waals surface area contributed by atoms with Gasteiger partial charge in [0.25, 0.3) is 0 Å². The maximum absolute atomic E-state index is 12.0. The lowest BCUT2D eigenvalue weighted by molar-refractivity contribution is -0.116. The first kappa shape index (κ1) is 18.3. The maximum Gasteiger partial charge on any atom is 0.224 e. The van der Waals surface area contributed by atoms with E-state index in [0.717, 1.165) is 17.4 Å². The molecule has 0 aliphatic carbocycles. The quantitative estimate of drug-likeness (QED) is 0.667.